The number of hydrogen-bond acceptors (Lipinski definition) is 3. The monoisotopic (exact) mass is 249 g/mol. The highest BCUT2D eigenvalue weighted by Crippen LogP contribution is 2.19. The van der Waals surface area contributed by atoms with Crippen molar-refractivity contribution in [2.45, 2.75) is 39.5 Å². The Morgan fingerprint density at radius 2 is 1.94 bits per heavy atom. The summed E-state index contributed by atoms with van der Waals surface area (Å²) in [7, 11) is 0. The van der Waals surface area contributed by atoms with Crippen molar-refractivity contribution in [2.24, 2.45) is 0 Å². The molecule has 1 aromatic carbocycles. The van der Waals surface area contributed by atoms with E-state index in [1.807, 2.05) is 0 Å². The van der Waals surface area contributed by atoms with E-state index in [9.17, 15) is 4.79 Å². The highest BCUT2D eigenvalue weighted by Gasteiger charge is 2.13. The third kappa shape index (κ3) is 4.78. The number of ether oxygens (including phenoxy) is 2. The van der Waals surface area contributed by atoms with Gasteiger partial charge in [0.25, 0.3) is 0 Å². The molecule has 3 nitrogen and oxygen atoms in total. The van der Waals surface area contributed by atoms with Gasteiger partial charge in [-0.25, -0.2) is 4.79 Å². The Bertz CT molecular complexity index is 361. The normalized spacial score (nSPS) is 10.1. The zero-order valence-electron chi connectivity index (χ0n) is 11.2. The molecule has 0 saturated carbocycles. The van der Waals surface area contributed by atoms with Gasteiger partial charge in [0, 0.05) is 0 Å². The van der Waals surface area contributed by atoms with Gasteiger partial charge in [0.15, 0.2) is 0 Å². The SMILES string of the molecule is CCCCOC(=O)c1c[c]ccc1OCCCC. The Morgan fingerprint density at radius 1 is 1.22 bits per heavy atom. The summed E-state index contributed by atoms with van der Waals surface area (Å²) in [6, 6.07) is 8.00. The van der Waals surface area contributed by atoms with Crippen LogP contribution in [0.4, 0.5) is 0 Å². The molecule has 0 N–H and O–H groups in total. The minimum atomic E-state index is -0.327. The molecule has 0 spiro atoms. The Labute approximate surface area is 109 Å². The van der Waals surface area contributed by atoms with Gasteiger partial charge in [-0.1, -0.05) is 32.8 Å². The Morgan fingerprint density at radius 3 is 2.67 bits per heavy atom. The summed E-state index contributed by atoms with van der Waals surface area (Å²) in [5.41, 5.74) is 0.463. The van der Waals surface area contributed by atoms with Crippen molar-refractivity contribution >= 4 is 5.97 Å². The molecule has 0 aliphatic carbocycles. The van der Waals surface area contributed by atoms with Crippen LogP contribution in [0.5, 0.6) is 5.75 Å². The molecule has 1 rings (SSSR count). The van der Waals surface area contributed by atoms with Gasteiger partial charge in [0.05, 0.1) is 13.2 Å². The summed E-state index contributed by atoms with van der Waals surface area (Å²) in [5, 5.41) is 0. The number of unbranched alkanes of at least 4 members (excludes halogenated alkanes) is 2. The summed E-state index contributed by atoms with van der Waals surface area (Å²) < 4.78 is 10.8. The smallest absolute Gasteiger partial charge is 0.341 e. The van der Waals surface area contributed by atoms with Crippen molar-refractivity contribution in [1.29, 1.82) is 0 Å². The van der Waals surface area contributed by atoms with Crippen LogP contribution in [0.15, 0.2) is 18.2 Å². The van der Waals surface area contributed by atoms with E-state index in [2.05, 4.69) is 19.9 Å². The van der Waals surface area contributed by atoms with Gasteiger partial charge >= 0.3 is 5.97 Å². The molecule has 0 aliphatic heterocycles. The third-order valence-electron chi connectivity index (χ3n) is 2.53. The quantitative estimate of drug-likeness (QED) is 0.521. The van der Waals surface area contributed by atoms with Gasteiger partial charge in [0.1, 0.15) is 11.3 Å². The van der Waals surface area contributed by atoms with Crippen molar-refractivity contribution in [3.63, 3.8) is 0 Å². The molecule has 0 heterocycles. The first-order valence-electron chi connectivity index (χ1n) is 6.59. The van der Waals surface area contributed by atoms with Gasteiger partial charge in [-0.05, 0) is 31.0 Å². The van der Waals surface area contributed by atoms with E-state index in [0.717, 1.165) is 25.7 Å². The standard InChI is InChI=1S/C15H21O3/c1-3-5-11-17-14-10-8-7-9-13(14)15(16)18-12-6-4-2/h8-10H,3-6,11-12H2,1-2H3. The molecule has 1 radical (unpaired) electrons. The highest BCUT2D eigenvalue weighted by atomic mass is 16.5. The molecule has 0 aromatic heterocycles. The minimum absolute atomic E-state index is 0.327. The largest absolute Gasteiger partial charge is 0.493 e. The van der Waals surface area contributed by atoms with Crippen molar-refractivity contribution < 1.29 is 14.3 Å². The van der Waals surface area contributed by atoms with Crippen LogP contribution in [-0.2, 0) is 4.74 Å². The summed E-state index contributed by atoms with van der Waals surface area (Å²) in [5.74, 6) is 0.260. The molecular formula is C15H21O3. The first-order valence-corrected chi connectivity index (χ1v) is 6.59. The number of esters is 1. The molecule has 0 saturated heterocycles. The van der Waals surface area contributed by atoms with Crippen molar-refractivity contribution in [1.82, 2.24) is 0 Å². The molecule has 0 bridgehead atoms. The maximum atomic E-state index is 11.9. The van der Waals surface area contributed by atoms with Crippen LogP contribution in [0.3, 0.4) is 0 Å². The first kappa shape index (κ1) is 14.6. The van der Waals surface area contributed by atoms with E-state index in [-0.39, 0.29) is 5.97 Å². The van der Waals surface area contributed by atoms with E-state index >= 15 is 0 Å². The summed E-state index contributed by atoms with van der Waals surface area (Å²) in [4.78, 5) is 11.9. The zero-order chi connectivity index (χ0) is 13.2. The minimum Gasteiger partial charge on any atom is -0.493 e. The lowest BCUT2D eigenvalue weighted by atomic mass is 10.2. The fourth-order valence-corrected chi connectivity index (χ4v) is 1.41. The number of rotatable bonds is 8. The van der Waals surface area contributed by atoms with Gasteiger partial charge in [-0.3, -0.25) is 0 Å². The molecule has 1 aromatic rings. The topological polar surface area (TPSA) is 35.5 Å². The van der Waals surface area contributed by atoms with E-state index in [1.54, 1.807) is 18.2 Å². The molecule has 0 amide bonds. The molecule has 0 fully saturated rings. The van der Waals surface area contributed by atoms with Crippen LogP contribution in [0.1, 0.15) is 49.9 Å². The highest BCUT2D eigenvalue weighted by molar-refractivity contribution is 5.92. The molecule has 18 heavy (non-hydrogen) atoms. The van der Waals surface area contributed by atoms with Crippen LogP contribution >= 0.6 is 0 Å². The fourth-order valence-electron chi connectivity index (χ4n) is 1.41. The first-order chi connectivity index (χ1) is 8.79. The molecule has 0 atom stereocenters. The lowest BCUT2D eigenvalue weighted by Gasteiger charge is -2.10. The average molecular weight is 249 g/mol. The predicted octanol–water partition coefficient (Wildman–Crippen LogP) is 3.62. The second-order valence-corrected chi connectivity index (χ2v) is 4.11. The summed E-state index contributed by atoms with van der Waals surface area (Å²) in [6.45, 7) is 5.24. The molecular weight excluding hydrogens is 228 g/mol. The molecule has 0 unspecified atom stereocenters. The van der Waals surface area contributed by atoms with Crippen molar-refractivity contribution in [3.8, 4) is 5.75 Å². The Hall–Kier alpha value is -1.51. The fraction of sp³-hybridized carbons (Fsp3) is 0.533. The lowest BCUT2D eigenvalue weighted by molar-refractivity contribution is 0.0495. The van der Waals surface area contributed by atoms with Gasteiger partial charge < -0.3 is 9.47 Å². The van der Waals surface area contributed by atoms with Crippen LogP contribution in [0.2, 0.25) is 0 Å². The maximum Gasteiger partial charge on any atom is 0.341 e. The van der Waals surface area contributed by atoms with Gasteiger partial charge in [0.2, 0.25) is 0 Å². The zero-order valence-corrected chi connectivity index (χ0v) is 11.2. The number of benzene rings is 1. The van der Waals surface area contributed by atoms with Crippen molar-refractivity contribution in [2.75, 3.05) is 13.2 Å². The second kappa shape index (κ2) is 8.56. The van der Waals surface area contributed by atoms with E-state index in [1.165, 1.54) is 0 Å². The van der Waals surface area contributed by atoms with Crippen LogP contribution in [-0.4, -0.2) is 19.2 Å². The summed E-state index contributed by atoms with van der Waals surface area (Å²) >= 11 is 0. The molecule has 99 valence electrons. The van der Waals surface area contributed by atoms with E-state index in [4.69, 9.17) is 9.47 Å². The molecule has 0 aliphatic rings. The van der Waals surface area contributed by atoms with Gasteiger partial charge in [-0.2, -0.15) is 0 Å². The Balaban J connectivity index is 2.59. The van der Waals surface area contributed by atoms with E-state index in [0.29, 0.717) is 24.5 Å². The number of hydrogen-bond donors (Lipinski definition) is 0. The maximum absolute atomic E-state index is 11.9. The third-order valence-corrected chi connectivity index (χ3v) is 2.53. The van der Waals surface area contributed by atoms with E-state index < -0.39 is 0 Å². The Kier molecular flexibility index (Phi) is 6.92. The molecule has 3 heteroatoms. The summed E-state index contributed by atoms with van der Waals surface area (Å²) in [6.07, 6.45) is 3.93. The number of carbonyl (C=O) groups excluding carboxylic acids is 1. The predicted molar refractivity (Wildman–Crippen MR) is 70.9 cm³/mol. The van der Waals surface area contributed by atoms with Crippen LogP contribution in [0.25, 0.3) is 0 Å². The van der Waals surface area contributed by atoms with Gasteiger partial charge in [-0.15, -0.1) is 0 Å². The lowest BCUT2D eigenvalue weighted by Crippen LogP contribution is -2.09. The average Bonchev–Trinajstić information content (AvgIpc) is 2.40. The number of carbonyl (C=O) groups is 1. The van der Waals surface area contributed by atoms with Crippen LogP contribution in [0, 0.1) is 6.07 Å². The second-order valence-electron chi connectivity index (χ2n) is 4.11. The van der Waals surface area contributed by atoms with Crippen molar-refractivity contribution in [3.05, 3.63) is 29.8 Å². The van der Waals surface area contributed by atoms with Crippen LogP contribution < -0.4 is 4.74 Å².